The van der Waals surface area contributed by atoms with Crippen LogP contribution in [0.2, 0.25) is 0 Å². The van der Waals surface area contributed by atoms with Gasteiger partial charge in [0.15, 0.2) is 18.1 Å². The minimum atomic E-state index is -1.42. The van der Waals surface area contributed by atoms with E-state index in [1.807, 2.05) is 39.0 Å². The summed E-state index contributed by atoms with van der Waals surface area (Å²) in [6.45, 7) is 12.9. The van der Waals surface area contributed by atoms with Crippen molar-refractivity contribution in [2.75, 3.05) is 81.4 Å². The zero-order chi connectivity index (χ0) is 64.9. The normalized spacial score (nSPS) is 16.5. The van der Waals surface area contributed by atoms with Crippen molar-refractivity contribution < 1.29 is 76.7 Å². The number of aromatic nitrogens is 1. The smallest absolute Gasteiger partial charge is 0.330 e. The molecule has 3 heterocycles. The largest absolute Gasteiger partial charge is 0.493 e. The van der Waals surface area contributed by atoms with Crippen molar-refractivity contribution in [3.63, 3.8) is 0 Å². The predicted octanol–water partition coefficient (Wildman–Crippen LogP) is 5.52. The van der Waals surface area contributed by atoms with E-state index in [9.17, 15) is 43.2 Å². The van der Waals surface area contributed by atoms with Gasteiger partial charge in [0.05, 0.1) is 38.0 Å². The van der Waals surface area contributed by atoms with Crippen LogP contribution in [0.3, 0.4) is 0 Å². The molecule has 23 nitrogen and oxygen atoms in total. The molecule has 2 aliphatic heterocycles. The van der Waals surface area contributed by atoms with E-state index in [0.29, 0.717) is 74.1 Å². The van der Waals surface area contributed by atoms with E-state index in [1.165, 1.54) is 76.2 Å². The Labute approximate surface area is 516 Å². The summed E-state index contributed by atoms with van der Waals surface area (Å²) in [7, 11) is 7.57. The molecule has 5 rings (SSSR count). The second-order valence-electron chi connectivity index (χ2n) is 23.6. The fourth-order valence-electron chi connectivity index (χ4n) is 10.0. The van der Waals surface area contributed by atoms with Crippen LogP contribution >= 0.6 is 0 Å². The number of likely N-dealkylation sites (N-methyl/N-ethyl adjacent to an activating group) is 3. The van der Waals surface area contributed by atoms with Gasteiger partial charge < -0.3 is 63.3 Å². The Bertz CT molecular complexity index is 2950. The van der Waals surface area contributed by atoms with Gasteiger partial charge in [-0.3, -0.25) is 38.5 Å². The number of hydrogen-bond acceptors (Lipinski definition) is 17. The summed E-state index contributed by atoms with van der Waals surface area (Å²) in [6.07, 6.45) is 10.4. The number of aliphatic hydroxyl groups excluding tert-OH is 1. The third-order valence-electron chi connectivity index (χ3n) is 15.5. The standard InChI is InChI=1S/C65H89N7O16/c1-13-55(75)86-42-65(6,7)57(76)62(81)72-33-21-19-26-49(72)63(82)88-51(30-28-44-29-31-52(83-11)53(36-44)84-12)46-37-47(39-66-38-46)85-41-54(74)69(9)43(2)58(77)67-56(45-24-17-16-18-25-45)61(80)70(10)50(40-87-64(3,4)5)60(79)71-34-23-27-48(71)59(78)68(8)32-20-14-15-22-35-73/h13-18,24-25,29,31,36-39,43,48-51,56,73H,1,19-23,26-28,30,32-35,40-42H2,2-12H3,(H,67,77)/b15-14-/t43-,48-,49-,50-,51+,56?/m0/s1. The summed E-state index contributed by atoms with van der Waals surface area (Å²) >= 11 is 0. The quantitative estimate of drug-likeness (QED) is 0.0347. The fourth-order valence-corrected chi connectivity index (χ4v) is 10.0. The number of Topliss-reactive ketones (excluding diaryl/α,β-unsaturated/α-hetero) is 1. The molecule has 0 radical (unpaired) electrons. The lowest BCUT2D eigenvalue weighted by molar-refractivity contribution is -0.165. The molecular weight excluding hydrogens is 1130 g/mol. The minimum Gasteiger partial charge on any atom is -0.493 e. The van der Waals surface area contributed by atoms with Crippen LogP contribution in [-0.2, 0) is 63.8 Å². The first-order valence-corrected chi connectivity index (χ1v) is 29.7. The molecule has 0 saturated carbocycles. The van der Waals surface area contributed by atoms with Gasteiger partial charge in [-0.05, 0) is 129 Å². The van der Waals surface area contributed by atoms with Gasteiger partial charge in [0.1, 0.15) is 48.7 Å². The van der Waals surface area contributed by atoms with Crippen LogP contribution in [0.4, 0.5) is 0 Å². The van der Waals surface area contributed by atoms with Crippen molar-refractivity contribution in [3.8, 4) is 17.2 Å². The number of likely N-dealkylation sites (tertiary alicyclic amines) is 2. The number of ether oxygens (including phenoxy) is 6. The second-order valence-corrected chi connectivity index (χ2v) is 23.6. The van der Waals surface area contributed by atoms with Crippen molar-refractivity contribution in [3.05, 3.63) is 108 Å². The van der Waals surface area contributed by atoms with Crippen LogP contribution in [0.25, 0.3) is 0 Å². The Balaban J connectivity index is 1.33. The summed E-state index contributed by atoms with van der Waals surface area (Å²) in [5.41, 5.74) is -0.561. The number of piperidine rings is 1. The zero-order valence-electron chi connectivity index (χ0n) is 52.8. The van der Waals surface area contributed by atoms with E-state index in [2.05, 4.69) is 16.9 Å². The number of nitrogens with one attached hydrogen (secondary N) is 1. The summed E-state index contributed by atoms with van der Waals surface area (Å²) < 4.78 is 34.5. The molecule has 0 aliphatic carbocycles. The lowest BCUT2D eigenvalue weighted by Gasteiger charge is -2.37. The molecule has 6 amide bonds. The summed E-state index contributed by atoms with van der Waals surface area (Å²) in [6, 6.07) is 9.78. The van der Waals surface area contributed by atoms with Crippen LogP contribution in [-0.4, -0.2) is 199 Å². The number of rotatable bonds is 31. The van der Waals surface area contributed by atoms with Gasteiger partial charge >= 0.3 is 11.9 Å². The molecule has 2 aliphatic rings. The molecule has 0 bridgehead atoms. The third-order valence-corrected chi connectivity index (χ3v) is 15.5. The second kappa shape index (κ2) is 33.2. The summed E-state index contributed by atoms with van der Waals surface area (Å²) in [5.74, 6) is -4.90. The van der Waals surface area contributed by atoms with Gasteiger partial charge in [-0.2, -0.15) is 0 Å². The van der Waals surface area contributed by atoms with Crippen LogP contribution in [0.15, 0.2) is 91.8 Å². The number of aryl methyl sites for hydroxylation is 1. The third kappa shape index (κ3) is 19.7. The molecular formula is C65H89N7O16. The first kappa shape index (κ1) is 70.6. The van der Waals surface area contributed by atoms with E-state index in [0.717, 1.165) is 16.5 Å². The van der Waals surface area contributed by atoms with E-state index >= 15 is 0 Å². The SMILES string of the molecule is C=CC(=O)OCC(C)(C)C(=O)C(=O)N1CCCC[C@H]1C(=O)O[C@H](CCc1ccc(OC)c(OC)c1)c1cncc(OCC(=O)N(C)[C@@H](C)C(=O)NC(C(=O)N(C)[C@@H](COC(C)(C)C)C(=O)N2CCC[C@H]2C(=O)N(C)CC/C=C\CCO)c2ccccc2)c1. The highest BCUT2D eigenvalue weighted by molar-refractivity contribution is 6.38. The number of pyridine rings is 1. The lowest BCUT2D eigenvalue weighted by atomic mass is 9.87. The Hall–Kier alpha value is -8.18. The number of aliphatic hydroxyl groups is 1. The number of benzene rings is 2. The number of carbonyl (C=O) groups excluding carboxylic acids is 9. The Morgan fingerprint density at radius 1 is 0.818 bits per heavy atom. The van der Waals surface area contributed by atoms with E-state index in [-0.39, 0.29) is 57.4 Å². The van der Waals surface area contributed by atoms with Gasteiger partial charge in [0, 0.05) is 65.2 Å². The summed E-state index contributed by atoms with van der Waals surface area (Å²) in [4.78, 5) is 136. The van der Waals surface area contributed by atoms with Crippen molar-refractivity contribution in [2.45, 2.75) is 141 Å². The molecule has 2 aromatic carbocycles. The number of amides is 6. The maximum Gasteiger partial charge on any atom is 0.330 e. The molecule has 2 fully saturated rings. The average molecular weight is 1220 g/mol. The molecule has 1 aromatic heterocycles. The number of nitrogens with zero attached hydrogens (tertiary/aromatic N) is 6. The first-order valence-electron chi connectivity index (χ1n) is 29.7. The van der Waals surface area contributed by atoms with Gasteiger partial charge in [0.25, 0.3) is 11.8 Å². The molecule has 2 N–H and O–H groups in total. The molecule has 2 saturated heterocycles. The molecule has 480 valence electrons. The molecule has 23 heteroatoms. The average Bonchev–Trinajstić information content (AvgIpc) is 1.67. The number of hydrogen-bond donors (Lipinski definition) is 2. The molecule has 3 aromatic rings. The molecule has 1 unspecified atom stereocenters. The van der Waals surface area contributed by atoms with Crippen LogP contribution in [0.5, 0.6) is 17.2 Å². The molecule has 6 atom stereocenters. The van der Waals surface area contributed by atoms with Crippen molar-refractivity contribution in [1.82, 2.24) is 34.8 Å². The highest BCUT2D eigenvalue weighted by atomic mass is 16.5. The number of esters is 2. The molecule has 0 spiro atoms. The topological polar surface area (TPSA) is 270 Å². The summed E-state index contributed by atoms with van der Waals surface area (Å²) in [5, 5.41) is 11.9. The highest BCUT2D eigenvalue weighted by Gasteiger charge is 2.44. The maximum atomic E-state index is 14.9. The first-order chi connectivity index (χ1) is 41.8. The van der Waals surface area contributed by atoms with Crippen LogP contribution in [0, 0.1) is 5.41 Å². The molecule has 88 heavy (non-hydrogen) atoms. The van der Waals surface area contributed by atoms with Crippen molar-refractivity contribution >= 4 is 53.2 Å². The maximum absolute atomic E-state index is 14.9. The van der Waals surface area contributed by atoms with Crippen molar-refractivity contribution in [2.24, 2.45) is 5.41 Å². The monoisotopic (exact) mass is 1220 g/mol. The van der Waals surface area contributed by atoms with E-state index < -0.39 is 101 Å². The van der Waals surface area contributed by atoms with E-state index in [1.54, 1.807) is 60.5 Å². The lowest BCUT2D eigenvalue weighted by Crippen LogP contribution is -2.58. The van der Waals surface area contributed by atoms with Gasteiger partial charge in [-0.1, -0.05) is 55.1 Å². The van der Waals surface area contributed by atoms with Crippen LogP contribution in [0.1, 0.15) is 122 Å². The van der Waals surface area contributed by atoms with E-state index in [4.69, 9.17) is 33.5 Å². The number of ketones is 1. The number of carbonyl (C=O) groups is 9. The highest BCUT2D eigenvalue weighted by Crippen LogP contribution is 2.33. The predicted molar refractivity (Wildman–Crippen MR) is 325 cm³/mol. The van der Waals surface area contributed by atoms with Gasteiger partial charge in [0.2, 0.25) is 29.4 Å². The Morgan fingerprint density at radius 3 is 2.17 bits per heavy atom. The Kier molecular flexibility index (Phi) is 26.7. The fraction of sp³-hybridized carbons (Fsp3) is 0.538. The van der Waals surface area contributed by atoms with Gasteiger partial charge in [-0.15, -0.1) is 0 Å². The van der Waals surface area contributed by atoms with Crippen molar-refractivity contribution in [1.29, 1.82) is 0 Å². The van der Waals surface area contributed by atoms with Crippen LogP contribution < -0.4 is 19.5 Å². The number of methoxy groups -OCH3 is 2. The minimum absolute atomic E-state index is 0.0222. The Morgan fingerprint density at radius 2 is 1.50 bits per heavy atom. The van der Waals surface area contributed by atoms with Gasteiger partial charge in [-0.25, -0.2) is 9.59 Å². The zero-order valence-corrected chi connectivity index (χ0v) is 52.8.